The van der Waals surface area contributed by atoms with Crippen molar-refractivity contribution in [2.75, 3.05) is 5.32 Å². The van der Waals surface area contributed by atoms with Crippen LogP contribution in [0.15, 0.2) is 41.9 Å². The van der Waals surface area contributed by atoms with Gasteiger partial charge in [-0.3, -0.25) is 0 Å². The molecule has 1 aromatic carbocycles. The zero-order valence-electron chi connectivity index (χ0n) is 10.7. The molecule has 1 atom stereocenters. The van der Waals surface area contributed by atoms with Gasteiger partial charge in [-0.1, -0.05) is 41.9 Å². The molecule has 0 spiro atoms. The van der Waals surface area contributed by atoms with Crippen LogP contribution in [-0.4, -0.2) is 9.36 Å². The van der Waals surface area contributed by atoms with Crippen LogP contribution in [0.5, 0.6) is 0 Å². The molecule has 0 amide bonds. The smallest absolute Gasteiger partial charge is 0.162 e. The Morgan fingerprint density at radius 2 is 2.10 bits per heavy atom. The summed E-state index contributed by atoms with van der Waals surface area (Å²) < 4.78 is 4.02. The van der Waals surface area contributed by atoms with Crippen LogP contribution in [0, 0.1) is 11.3 Å². The second-order valence-corrected chi connectivity index (χ2v) is 6.21. The minimum atomic E-state index is -0.130. The summed E-state index contributed by atoms with van der Waals surface area (Å²) >= 11 is 8.67. The Morgan fingerprint density at radius 3 is 2.76 bits per heavy atom. The number of hydrogen-bond donors (Lipinski definition) is 1. The zero-order valence-corrected chi connectivity index (χ0v) is 13.0. The molecule has 0 aliphatic heterocycles. The van der Waals surface area contributed by atoms with Gasteiger partial charge in [-0.25, -0.2) is 4.98 Å². The summed E-state index contributed by atoms with van der Waals surface area (Å²) in [5.41, 5.74) is 1.44. The first-order chi connectivity index (χ1) is 10.3. The van der Waals surface area contributed by atoms with Crippen LogP contribution in [0.4, 0.5) is 5.00 Å². The monoisotopic (exact) mass is 332 g/mol. The SMILES string of the molecule is N#Cc1c(Cl)nsc1NC(c1ccccc1)c1nccs1. The maximum Gasteiger partial charge on any atom is 0.162 e. The Hall–Kier alpha value is -1.94. The van der Waals surface area contributed by atoms with E-state index in [-0.39, 0.29) is 11.2 Å². The number of aromatic nitrogens is 2. The first kappa shape index (κ1) is 14.0. The molecule has 0 saturated carbocycles. The fraction of sp³-hybridized carbons (Fsp3) is 0.0714. The lowest BCUT2D eigenvalue weighted by Gasteiger charge is -2.17. The van der Waals surface area contributed by atoms with E-state index >= 15 is 0 Å². The summed E-state index contributed by atoms with van der Waals surface area (Å²) in [5, 5.41) is 16.3. The predicted molar refractivity (Wildman–Crippen MR) is 85.9 cm³/mol. The second kappa shape index (κ2) is 6.22. The van der Waals surface area contributed by atoms with Gasteiger partial charge < -0.3 is 5.32 Å². The van der Waals surface area contributed by atoms with Crippen molar-refractivity contribution in [2.24, 2.45) is 0 Å². The number of benzene rings is 1. The van der Waals surface area contributed by atoms with Gasteiger partial charge >= 0.3 is 0 Å². The largest absolute Gasteiger partial charge is 0.361 e. The summed E-state index contributed by atoms with van der Waals surface area (Å²) in [7, 11) is 0. The van der Waals surface area contributed by atoms with Crippen molar-refractivity contribution in [3.05, 3.63) is 63.2 Å². The average Bonchev–Trinajstić information content (AvgIpc) is 3.15. The van der Waals surface area contributed by atoms with Gasteiger partial charge in [-0.2, -0.15) is 9.64 Å². The molecule has 2 aromatic heterocycles. The molecule has 0 bridgehead atoms. The topological polar surface area (TPSA) is 61.6 Å². The molecule has 2 heterocycles. The predicted octanol–water partition coefficient (Wildman–Crippen LogP) is 4.33. The van der Waals surface area contributed by atoms with E-state index in [4.69, 9.17) is 11.6 Å². The Labute approximate surface area is 134 Å². The summed E-state index contributed by atoms with van der Waals surface area (Å²) in [6.45, 7) is 0. The van der Waals surface area contributed by atoms with E-state index in [0.29, 0.717) is 10.6 Å². The van der Waals surface area contributed by atoms with Crippen molar-refractivity contribution in [3.63, 3.8) is 0 Å². The van der Waals surface area contributed by atoms with Gasteiger partial charge in [0.2, 0.25) is 0 Å². The van der Waals surface area contributed by atoms with Crippen molar-refractivity contribution < 1.29 is 0 Å². The first-order valence-corrected chi connectivity index (χ1v) is 8.09. The number of nitrogens with zero attached hydrogens (tertiary/aromatic N) is 3. The highest BCUT2D eigenvalue weighted by Crippen LogP contribution is 2.34. The lowest BCUT2D eigenvalue weighted by Crippen LogP contribution is -2.11. The number of thiazole rings is 1. The average molecular weight is 333 g/mol. The minimum Gasteiger partial charge on any atom is -0.361 e. The first-order valence-electron chi connectivity index (χ1n) is 6.05. The van der Waals surface area contributed by atoms with Crippen molar-refractivity contribution in [3.8, 4) is 6.07 Å². The molecule has 3 rings (SSSR count). The fourth-order valence-electron chi connectivity index (χ4n) is 1.91. The standard InChI is InChI=1S/C14H9ClN4S2/c15-12-10(8-16)13(21-19-12)18-11(14-17-6-7-20-14)9-4-2-1-3-5-9/h1-7,11,18H. The fourth-order valence-corrected chi connectivity index (χ4v) is 3.58. The minimum absolute atomic E-state index is 0.130. The van der Waals surface area contributed by atoms with Crippen LogP contribution in [0.1, 0.15) is 22.2 Å². The van der Waals surface area contributed by atoms with E-state index in [1.807, 2.05) is 35.7 Å². The number of rotatable bonds is 4. The van der Waals surface area contributed by atoms with Crippen LogP contribution in [0.25, 0.3) is 0 Å². The number of hydrogen-bond acceptors (Lipinski definition) is 6. The Bertz CT molecular complexity index is 762. The van der Waals surface area contributed by atoms with Gasteiger partial charge in [0, 0.05) is 11.6 Å². The maximum atomic E-state index is 9.18. The molecule has 1 N–H and O–H groups in total. The highest BCUT2D eigenvalue weighted by atomic mass is 35.5. The molecule has 3 aromatic rings. The van der Waals surface area contributed by atoms with Gasteiger partial charge in [-0.05, 0) is 17.1 Å². The number of halogens is 1. The van der Waals surface area contributed by atoms with Crippen molar-refractivity contribution in [1.82, 2.24) is 9.36 Å². The molecule has 104 valence electrons. The van der Waals surface area contributed by atoms with Gasteiger partial charge in [-0.15, -0.1) is 11.3 Å². The van der Waals surface area contributed by atoms with E-state index in [9.17, 15) is 5.26 Å². The third kappa shape index (κ3) is 2.90. The van der Waals surface area contributed by atoms with Crippen LogP contribution in [0.2, 0.25) is 5.15 Å². The van der Waals surface area contributed by atoms with Crippen LogP contribution >= 0.6 is 34.5 Å². The van der Waals surface area contributed by atoms with Crippen molar-refractivity contribution in [2.45, 2.75) is 6.04 Å². The number of nitriles is 1. The van der Waals surface area contributed by atoms with Crippen molar-refractivity contribution in [1.29, 1.82) is 5.26 Å². The molecule has 0 aliphatic rings. The Kier molecular flexibility index (Phi) is 4.15. The molecule has 0 aliphatic carbocycles. The summed E-state index contributed by atoms with van der Waals surface area (Å²) in [5.74, 6) is 0. The third-order valence-corrected chi connectivity index (χ3v) is 4.86. The third-order valence-electron chi connectivity index (χ3n) is 2.87. The molecule has 0 saturated heterocycles. The van der Waals surface area contributed by atoms with E-state index in [1.165, 1.54) is 11.5 Å². The van der Waals surface area contributed by atoms with Crippen molar-refractivity contribution >= 4 is 39.5 Å². The van der Waals surface area contributed by atoms with Gasteiger partial charge in [0.05, 0.1) is 0 Å². The van der Waals surface area contributed by atoms with Gasteiger partial charge in [0.25, 0.3) is 0 Å². The normalized spacial score (nSPS) is 11.8. The summed E-state index contributed by atoms with van der Waals surface area (Å²) in [4.78, 5) is 4.38. The quantitative estimate of drug-likeness (QED) is 0.772. The Morgan fingerprint density at radius 1 is 1.29 bits per heavy atom. The van der Waals surface area contributed by atoms with E-state index in [1.54, 1.807) is 17.5 Å². The lowest BCUT2D eigenvalue weighted by molar-refractivity contribution is 0.925. The number of anilines is 1. The molecule has 0 fully saturated rings. The highest BCUT2D eigenvalue weighted by Gasteiger charge is 2.20. The summed E-state index contributed by atoms with van der Waals surface area (Å²) in [6.07, 6.45) is 1.77. The molecule has 1 unspecified atom stereocenters. The lowest BCUT2D eigenvalue weighted by atomic mass is 10.1. The van der Waals surface area contributed by atoms with Gasteiger partial charge in [0.1, 0.15) is 27.7 Å². The number of nitrogens with one attached hydrogen (secondary N) is 1. The van der Waals surface area contributed by atoms with E-state index in [0.717, 1.165) is 10.6 Å². The summed E-state index contributed by atoms with van der Waals surface area (Å²) in [6, 6.07) is 11.9. The van der Waals surface area contributed by atoms with Gasteiger partial charge in [0.15, 0.2) is 5.15 Å². The maximum absolute atomic E-state index is 9.18. The van der Waals surface area contributed by atoms with E-state index < -0.39 is 0 Å². The molecular weight excluding hydrogens is 324 g/mol. The zero-order chi connectivity index (χ0) is 14.7. The molecule has 4 nitrogen and oxygen atoms in total. The second-order valence-electron chi connectivity index (χ2n) is 4.15. The van der Waals surface area contributed by atoms with Crippen LogP contribution in [-0.2, 0) is 0 Å². The molecular formula is C14H9ClN4S2. The molecule has 7 heteroatoms. The Balaban J connectivity index is 1.99. The van der Waals surface area contributed by atoms with Crippen LogP contribution < -0.4 is 5.32 Å². The molecule has 21 heavy (non-hydrogen) atoms. The van der Waals surface area contributed by atoms with E-state index in [2.05, 4.69) is 20.7 Å². The van der Waals surface area contributed by atoms with Crippen LogP contribution in [0.3, 0.4) is 0 Å². The molecule has 0 radical (unpaired) electrons. The highest BCUT2D eigenvalue weighted by molar-refractivity contribution is 7.11.